The van der Waals surface area contributed by atoms with E-state index in [0.29, 0.717) is 12.2 Å². The number of ether oxygens (including phenoxy) is 1. The Morgan fingerprint density at radius 1 is 0.850 bits per heavy atom. The zero-order valence-corrected chi connectivity index (χ0v) is 24.7. The average molecular weight is 565 g/mol. The molecule has 0 saturated carbocycles. The van der Waals surface area contributed by atoms with Crippen LogP contribution >= 0.6 is 7.37 Å². The van der Waals surface area contributed by atoms with Crippen LogP contribution in [0.2, 0.25) is 0 Å². The Bertz CT molecular complexity index is 1280. The predicted molar refractivity (Wildman–Crippen MR) is 160 cm³/mol. The number of amides is 2. The molecule has 3 N–H and O–H groups in total. The van der Waals surface area contributed by atoms with E-state index in [9.17, 15) is 19.0 Å². The molecule has 3 atom stereocenters. The standard InChI is InChI=1S/C32H41N2O5P/c1-23(2)18-28(31(35)34-30(32(36)33-3)20-26-14-16-29(39-4)17-15-26)22-40(37,38)21-27-12-10-25(11-13-27)19-24-8-6-5-7-9-24/h5-17,23,28,30H,18-22H2,1-4H3,(H,33,36)(H,34,35)(H,37,38)/t28?,30-/m1/s1. The summed E-state index contributed by atoms with van der Waals surface area (Å²) < 4.78 is 18.6. The van der Waals surface area contributed by atoms with Gasteiger partial charge in [0.15, 0.2) is 0 Å². The molecule has 0 aliphatic rings. The van der Waals surface area contributed by atoms with Crippen LogP contribution in [-0.2, 0) is 33.2 Å². The molecule has 0 spiro atoms. The summed E-state index contributed by atoms with van der Waals surface area (Å²) in [5, 5.41) is 5.46. The average Bonchev–Trinajstić information content (AvgIpc) is 2.93. The summed E-state index contributed by atoms with van der Waals surface area (Å²) in [6.07, 6.45) is 1.36. The fourth-order valence-electron chi connectivity index (χ4n) is 4.79. The van der Waals surface area contributed by atoms with Gasteiger partial charge in [0.05, 0.1) is 7.11 Å². The van der Waals surface area contributed by atoms with E-state index in [0.717, 1.165) is 23.1 Å². The molecule has 3 aromatic rings. The van der Waals surface area contributed by atoms with Crippen LogP contribution in [0.5, 0.6) is 5.75 Å². The molecule has 2 unspecified atom stereocenters. The molecule has 0 bridgehead atoms. The van der Waals surface area contributed by atoms with Crippen LogP contribution in [0, 0.1) is 11.8 Å². The lowest BCUT2D eigenvalue weighted by atomic mass is 9.97. The van der Waals surface area contributed by atoms with E-state index in [-0.39, 0.29) is 36.5 Å². The molecule has 0 aromatic heterocycles. The first-order valence-corrected chi connectivity index (χ1v) is 15.7. The zero-order chi connectivity index (χ0) is 29.1. The first-order valence-electron chi connectivity index (χ1n) is 13.7. The van der Waals surface area contributed by atoms with Gasteiger partial charge in [0, 0.05) is 31.7 Å². The van der Waals surface area contributed by atoms with Gasteiger partial charge in [-0.15, -0.1) is 0 Å². The Balaban J connectivity index is 1.67. The maximum Gasteiger partial charge on any atom is 0.242 e. The van der Waals surface area contributed by atoms with Crippen molar-refractivity contribution in [2.24, 2.45) is 11.8 Å². The van der Waals surface area contributed by atoms with Gasteiger partial charge in [-0.2, -0.15) is 0 Å². The Kier molecular flexibility index (Phi) is 11.5. The maximum atomic E-state index is 13.4. The van der Waals surface area contributed by atoms with Crippen molar-refractivity contribution < 1.29 is 23.8 Å². The van der Waals surface area contributed by atoms with Crippen molar-refractivity contribution in [1.82, 2.24) is 10.6 Å². The summed E-state index contributed by atoms with van der Waals surface area (Å²) >= 11 is 0. The first-order chi connectivity index (χ1) is 19.1. The minimum absolute atomic E-state index is 0.00872. The van der Waals surface area contributed by atoms with Gasteiger partial charge >= 0.3 is 0 Å². The molecule has 3 rings (SSSR count). The maximum absolute atomic E-state index is 13.4. The Hall–Kier alpha value is -3.41. The van der Waals surface area contributed by atoms with Gasteiger partial charge in [-0.05, 0) is 53.1 Å². The number of benzene rings is 3. The van der Waals surface area contributed by atoms with Crippen LogP contribution < -0.4 is 15.4 Å². The van der Waals surface area contributed by atoms with Crippen LogP contribution in [0.3, 0.4) is 0 Å². The van der Waals surface area contributed by atoms with Crippen molar-refractivity contribution in [2.75, 3.05) is 20.3 Å². The lowest BCUT2D eigenvalue weighted by molar-refractivity contribution is -0.130. The Morgan fingerprint density at radius 2 is 1.43 bits per heavy atom. The predicted octanol–water partition coefficient (Wildman–Crippen LogP) is 5.19. The van der Waals surface area contributed by atoms with E-state index >= 15 is 0 Å². The van der Waals surface area contributed by atoms with Crippen molar-refractivity contribution in [3.63, 3.8) is 0 Å². The fourth-order valence-corrected chi connectivity index (χ4v) is 6.71. The number of hydrogen-bond acceptors (Lipinski definition) is 4. The van der Waals surface area contributed by atoms with E-state index in [1.807, 2.05) is 68.4 Å². The third-order valence-corrected chi connectivity index (χ3v) is 8.68. The molecule has 3 aromatic carbocycles. The highest BCUT2D eigenvalue weighted by atomic mass is 31.2. The van der Waals surface area contributed by atoms with Gasteiger partial charge < -0.3 is 20.3 Å². The van der Waals surface area contributed by atoms with Crippen molar-refractivity contribution in [3.8, 4) is 5.75 Å². The minimum atomic E-state index is -3.69. The minimum Gasteiger partial charge on any atom is -0.497 e. The molecule has 0 saturated heterocycles. The summed E-state index contributed by atoms with van der Waals surface area (Å²) in [5.74, 6) is -0.575. The van der Waals surface area contributed by atoms with E-state index in [1.165, 1.54) is 12.6 Å². The van der Waals surface area contributed by atoms with Gasteiger partial charge in [0.2, 0.25) is 19.2 Å². The van der Waals surface area contributed by atoms with Crippen LogP contribution in [0.15, 0.2) is 78.9 Å². The molecule has 0 fully saturated rings. The summed E-state index contributed by atoms with van der Waals surface area (Å²) in [7, 11) is -0.584. The molecule has 0 radical (unpaired) electrons. The van der Waals surface area contributed by atoms with E-state index in [2.05, 4.69) is 22.8 Å². The highest BCUT2D eigenvalue weighted by Crippen LogP contribution is 2.47. The second kappa shape index (κ2) is 14.8. The van der Waals surface area contributed by atoms with Crippen molar-refractivity contribution in [1.29, 1.82) is 0 Å². The highest BCUT2D eigenvalue weighted by Gasteiger charge is 2.32. The molecule has 2 amide bonds. The molecule has 7 nitrogen and oxygen atoms in total. The normalized spacial score (nSPS) is 14.2. The van der Waals surface area contributed by atoms with Crippen molar-refractivity contribution in [3.05, 3.63) is 101 Å². The number of methoxy groups -OCH3 is 1. The Morgan fingerprint density at radius 3 is 2.00 bits per heavy atom. The van der Waals surface area contributed by atoms with Gasteiger partial charge in [-0.1, -0.05) is 80.6 Å². The number of carbonyl (C=O) groups is 2. The largest absolute Gasteiger partial charge is 0.497 e. The van der Waals surface area contributed by atoms with Gasteiger partial charge in [-0.3, -0.25) is 14.2 Å². The van der Waals surface area contributed by atoms with Crippen molar-refractivity contribution in [2.45, 2.75) is 45.3 Å². The van der Waals surface area contributed by atoms with Crippen LogP contribution in [0.1, 0.15) is 42.5 Å². The van der Waals surface area contributed by atoms with Gasteiger partial charge in [-0.25, -0.2) is 0 Å². The summed E-state index contributed by atoms with van der Waals surface area (Å²) in [4.78, 5) is 37.0. The number of nitrogens with one attached hydrogen (secondary N) is 2. The summed E-state index contributed by atoms with van der Waals surface area (Å²) in [5.41, 5.74) is 3.94. The number of likely N-dealkylation sites (N-methyl/N-ethyl adjacent to an activating group) is 1. The number of hydrogen-bond donors (Lipinski definition) is 3. The molecule has 8 heteroatoms. The first kappa shape index (κ1) is 31.1. The number of rotatable bonds is 14. The number of carbonyl (C=O) groups excluding carboxylic acids is 2. The van der Waals surface area contributed by atoms with Crippen LogP contribution in [0.25, 0.3) is 0 Å². The van der Waals surface area contributed by atoms with Gasteiger partial charge in [0.25, 0.3) is 0 Å². The second-order valence-electron chi connectivity index (χ2n) is 10.7. The molecular weight excluding hydrogens is 523 g/mol. The van der Waals surface area contributed by atoms with E-state index in [4.69, 9.17) is 4.74 Å². The fraction of sp³-hybridized carbons (Fsp3) is 0.375. The van der Waals surface area contributed by atoms with Crippen molar-refractivity contribution >= 4 is 19.2 Å². The van der Waals surface area contributed by atoms with Crippen LogP contribution in [0.4, 0.5) is 0 Å². The molecular formula is C32H41N2O5P. The van der Waals surface area contributed by atoms with E-state index < -0.39 is 19.3 Å². The quantitative estimate of drug-likeness (QED) is 0.234. The lowest BCUT2D eigenvalue weighted by Gasteiger charge is -2.25. The third-order valence-electron chi connectivity index (χ3n) is 6.81. The lowest BCUT2D eigenvalue weighted by Crippen LogP contribution is -2.49. The Labute approximate surface area is 237 Å². The molecule has 0 aliphatic carbocycles. The van der Waals surface area contributed by atoms with E-state index in [1.54, 1.807) is 19.2 Å². The SMILES string of the molecule is CNC(=O)[C@@H](Cc1ccc(OC)cc1)NC(=O)C(CC(C)C)CP(=O)(O)Cc1ccc(Cc2ccccc2)cc1. The van der Waals surface area contributed by atoms with Gasteiger partial charge in [0.1, 0.15) is 11.8 Å². The third kappa shape index (κ3) is 9.96. The van der Waals surface area contributed by atoms with Crippen LogP contribution in [-0.4, -0.2) is 43.1 Å². The summed E-state index contributed by atoms with van der Waals surface area (Å²) in [6, 6.07) is 24.4. The monoisotopic (exact) mass is 564 g/mol. The smallest absolute Gasteiger partial charge is 0.242 e. The molecule has 40 heavy (non-hydrogen) atoms. The summed E-state index contributed by atoms with van der Waals surface area (Å²) in [6.45, 7) is 3.95. The second-order valence-corrected chi connectivity index (χ2v) is 13.1. The molecule has 0 heterocycles. The molecule has 0 aliphatic heterocycles. The topological polar surface area (TPSA) is 105 Å². The molecule has 214 valence electrons. The zero-order valence-electron chi connectivity index (χ0n) is 23.8. The highest BCUT2D eigenvalue weighted by molar-refractivity contribution is 7.57.